The summed E-state index contributed by atoms with van der Waals surface area (Å²) < 4.78 is 26.6. The standard InChI is InChI=1S/C19H20F2N2O/c1-23(12-13-3-2-4-16(21)11-13)18(19(24)22-17-9-10-17)14-5-7-15(20)8-6-14/h2-8,11,17-18H,9-10,12H2,1H3,(H,22,24). The molecule has 1 unspecified atom stereocenters. The van der Waals surface area contributed by atoms with E-state index >= 15 is 0 Å². The highest BCUT2D eigenvalue weighted by Gasteiger charge is 2.30. The first kappa shape index (κ1) is 16.6. The van der Waals surface area contributed by atoms with Gasteiger partial charge >= 0.3 is 0 Å². The van der Waals surface area contributed by atoms with Crippen molar-refractivity contribution in [1.29, 1.82) is 0 Å². The minimum atomic E-state index is -0.547. The molecule has 0 aromatic heterocycles. The largest absolute Gasteiger partial charge is 0.352 e. The minimum absolute atomic E-state index is 0.108. The average molecular weight is 330 g/mol. The zero-order valence-corrected chi connectivity index (χ0v) is 13.5. The molecule has 0 spiro atoms. The number of nitrogens with zero attached hydrogens (tertiary/aromatic N) is 1. The molecule has 24 heavy (non-hydrogen) atoms. The second kappa shape index (κ2) is 7.09. The van der Waals surface area contributed by atoms with E-state index in [2.05, 4.69) is 5.32 Å². The molecule has 0 saturated heterocycles. The number of halogens is 2. The number of amides is 1. The van der Waals surface area contributed by atoms with Gasteiger partial charge in [-0.3, -0.25) is 9.69 Å². The monoisotopic (exact) mass is 330 g/mol. The van der Waals surface area contributed by atoms with Crippen molar-refractivity contribution in [2.45, 2.75) is 31.5 Å². The van der Waals surface area contributed by atoms with Crippen LogP contribution in [0.3, 0.4) is 0 Å². The summed E-state index contributed by atoms with van der Waals surface area (Å²) in [6.07, 6.45) is 1.99. The second-order valence-corrected chi connectivity index (χ2v) is 6.28. The van der Waals surface area contributed by atoms with E-state index in [1.807, 2.05) is 18.0 Å². The zero-order chi connectivity index (χ0) is 17.1. The Hall–Kier alpha value is -2.27. The van der Waals surface area contributed by atoms with Gasteiger partial charge in [-0.1, -0.05) is 24.3 Å². The van der Waals surface area contributed by atoms with Crippen LogP contribution in [0.25, 0.3) is 0 Å². The maximum atomic E-state index is 13.4. The molecule has 1 aliphatic rings. The van der Waals surface area contributed by atoms with Crippen LogP contribution in [-0.2, 0) is 11.3 Å². The molecule has 1 amide bonds. The fourth-order valence-electron chi connectivity index (χ4n) is 2.77. The van der Waals surface area contributed by atoms with E-state index in [0.29, 0.717) is 12.1 Å². The van der Waals surface area contributed by atoms with Gasteiger partial charge in [0.2, 0.25) is 5.91 Å². The number of benzene rings is 2. The van der Waals surface area contributed by atoms with Crippen molar-refractivity contribution >= 4 is 5.91 Å². The minimum Gasteiger partial charge on any atom is -0.352 e. The number of carbonyl (C=O) groups is 1. The molecule has 1 N–H and O–H groups in total. The number of rotatable bonds is 6. The number of likely N-dealkylation sites (N-methyl/N-ethyl adjacent to an activating group) is 1. The molecule has 0 heterocycles. The third-order valence-corrected chi connectivity index (χ3v) is 4.12. The summed E-state index contributed by atoms with van der Waals surface area (Å²) in [5, 5.41) is 3.00. The highest BCUT2D eigenvalue weighted by atomic mass is 19.1. The average Bonchev–Trinajstić information content (AvgIpc) is 3.33. The lowest BCUT2D eigenvalue weighted by Gasteiger charge is -2.27. The Bertz CT molecular complexity index is 714. The van der Waals surface area contributed by atoms with E-state index in [9.17, 15) is 13.6 Å². The van der Waals surface area contributed by atoms with Crippen LogP contribution < -0.4 is 5.32 Å². The molecule has 1 saturated carbocycles. The van der Waals surface area contributed by atoms with Gasteiger partial charge in [-0.15, -0.1) is 0 Å². The summed E-state index contributed by atoms with van der Waals surface area (Å²) in [5.74, 6) is -0.752. The topological polar surface area (TPSA) is 32.3 Å². The van der Waals surface area contributed by atoms with Crippen LogP contribution >= 0.6 is 0 Å². The molecule has 2 aromatic carbocycles. The fourth-order valence-corrected chi connectivity index (χ4v) is 2.77. The van der Waals surface area contributed by atoms with Crippen LogP contribution in [-0.4, -0.2) is 23.9 Å². The molecule has 1 atom stereocenters. The molecular weight excluding hydrogens is 310 g/mol. The number of hydrogen-bond donors (Lipinski definition) is 1. The van der Waals surface area contributed by atoms with E-state index in [-0.39, 0.29) is 23.6 Å². The van der Waals surface area contributed by atoms with E-state index < -0.39 is 6.04 Å². The van der Waals surface area contributed by atoms with Crippen molar-refractivity contribution in [3.8, 4) is 0 Å². The summed E-state index contributed by atoms with van der Waals surface area (Å²) in [4.78, 5) is 14.5. The van der Waals surface area contributed by atoms with Crippen LogP contribution in [0.4, 0.5) is 8.78 Å². The molecule has 3 nitrogen and oxygen atoms in total. The van der Waals surface area contributed by atoms with Gasteiger partial charge in [-0.05, 0) is 55.3 Å². The molecule has 1 fully saturated rings. The predicted octanol–water partition coefficient (Wildman–Crippen LogP) is 3.42. The van der Waals surface area contributed by atoms with Gasteiger partial charge in [-0.25, -0.2) is 8.78 Å². The van der Waals surface area contributed by atoms with Gasteiger partial charge in [0.05, 0.1) is 0 Å². The lowest BCUT2D eigenvalue weighted by atomic mass is 10.0. The van der Waals surface area contributed by atoms with E-state index in [1.165, 1.54) is 24.3 Å². The van der Waals surface area contributed by atoms with Gasteiger partial charge in [0, 0.05) is 12.6 Å². The maximum absolute atomic E-state index is 13.4. The summed E-state index contributed by atoms with van der Waals surface area (Å²) >= 11 is 0. The second-order valence-electron chi connectivity index (χ2n) is 6.28. The van der Waals surface area contributed by atoms with Gasteiger partial charge in [0.25, 0.3) is 0 Å². The van der Waals surface area contributed by atoms with Gasteiger partial charge in [-0.2, -0.15) is 0 Å². The Labute approximate surface area is 140 Å². The normalized spacial score (nSPS) is 15.3. The molecule has 126 valence electrons. The summed E-state index contributed by atoms with van der Waals surface area (Å²) in [6.45, 7) is 0.415. The number of nitrogens with one attached hydrogen (secondary N) is 1. The first-order valence-corrected chi connectivity index (χ1v) is 8.03. The van der Waals surface area contributed by atoms with Crippen molar-refractivity contribution in [3.05, 3.63) is 71.3 Å². The third-order valence-electron chi connectivity index (χ3n) is 4.12. The Morgan fingerprint density at radius 2 is 1.88 bits per heavy atom. The highest BCUT2D eigenvalue weighted by molar-refractivity contribution is 5.83. The predicted molar refractivity (Wildman–Crippen MR) is 88.2 cm³/mol. The first-order valence-electron chi connectivity index (χ1n) is 8.03. The Morgan fingerprint density at radius 3 is 2.50 bits per heavy atom. The smallest absolute Gasteiger partial charge is 0.242 e. The van der Waals surface area contributed by atoms with Crippen LogP contribution in [0.1, 0.15) is 30.0 Å². The molecular formula is C19H20F2N2O. The summed E-state index contributed by atoms with van der Waals surface area (Å²) in [7, 11) is 1.81. The van der Waals surface area contributed by atoms with E-state index in [4.69, 9.17) is 0 Å². The Balaban J connectivity index is 1.82. The summed E-state index contributed by atoms with van der Waals surface area (Å²) in [6, 6.07) is 11.9. The molecule has 5 heteroatoms. The lowest BCUT2D eigenvalue weighted by molar-refractivity contribution is -0.126. The molecule has 0 bridgehead atoms. The first-order chi connectivity index (χ1) is 11.5. The number of carbonyl (C=O) groups excluding carboxylic acids is 1. The zero-order valence-electron chi connectivity index (χ0n) is 13.5. The van der Waals surface area contributed by atoms with E-state index in [0.717, 1.165) is 18.4 Å². The SMILES string of the molecule is CN(Cc1cccc(F)c1)C(C(=O)NC1CC1)c1ccc(F)cc1. The van der Waals surface area contributed by atoms with Crippen molar-refractivity contribution < 1.29 is 13.6 Å². The molecule has 0 aliphatic heterocycles. The maximum Gasteiger partial charge on any atom is 0.242 e. The van der Waals surface area contributed by atoms with Gasteiger partial charge < -0.3 is 5.32 Å². The molecule has 1 aliphatic carbocycles. The van der Waals surface area contributed by atoms with Gasteiger partial charge in [0.15, 0.2) is 0 Å². The molecule has 2 aromatic rings. The van der Waals surface area contributed by atoms with Crippen LogP contribution in [0.2, 0.25) is 0 Å². The van der Waals surface area contributed by atoms with Crippen LogP contribution in [0.15, 0.2) is 48.5 Å². The van der Waals surface area contributed by atoms with Crippen molar-refractivity contribution in [1.82, 2.24) is 10.2 Å². The lowest BCUT2D eigenvalue weighted by Crippen LogP contribution is -2.39. The quantitative estimate of drug-likeness (QED) is 0.880. The van der Waals surface area contributed by atoms with Crippen molar-refractivity contribution in [3.63, 3.8) is 0 Å². The van der Waals surface area contributed by atoms with E-state index in [1.54, 1.807) is 18.2 Å². The number of hydrogen-bond acceptors (Lipinski definition) is 2. The van der Waals surface area contributed by atoms with Crippen LogP contribution in [0.5, 0.6) is 0 Å². The van der Waals surface area contributed by atoms with Crippen LogP contribution in [0, 0.1) is 11.6 Å². The molecule has 0 radical (unpaired) electrons. The Kier molecular flexibility index (Phi) is 4.90. The third kappa shape index (κ3) is 4.17. The fraction of sp³-hybridized carbons (Fsp3) is 0.316. The Morgan fingerprint density at radius 1 is 1.17 bits per heavy atom. The van der Waals surface area contributed by atoms with Crippen molar-refractivity contribution in [2.24, 2.45) is 0 Å². The highest BCUT2D eigenvalue weighted by Crippen LogP contribution is 2.25. The summed E-state index contributed by atoms with van der Waals surface area (Å²) in [5.41, 5.74) is 1.50. The van der Waals surface area contributed by atoms with Crippen molar-refractivity contribution in [2.75, 3.05) is 7.05 Å². The van der Waals surface area contributed by atoms with Gasteiger partial charge in [0.1, 0.15) is 17.7 Å². The molecule has 3 rings (SSSR count).